The fourth-order valence-electron chi connectivity index (χ4n) is 0.591. The molecule has 0 amide bonds. The van der Waals surface area contributed by atoms with E-state index >= 15 is 0 Å². The Kier molecular flexibility index (Phi) is 1.83. The molecule has 1 saturated heterocycles. The zero-order valence-corrected chi connectivity index (χ0v) is 7.34. The summed E-state index contributed by atoms with van der Waals surface area (Å²) in [4.78, 5) is 0. The van der Waals surface area contributed by atoms with Gasteiger partial charge >= 0.3 is 0 Å². The number of hydrogen-bond donors (Lipinski definition) is 0. The molecule has 44 valence electrons. The van der Waals surface area contributed by atoms with Crippen LogP contribution in [0.1, 0.15) is 0 Å². The fraction of sp³-hybridized carbons (Fsp3) is 1.00. The highest BCUT2D eigenvalue weighted by Crippen LogP contribution is 1.96. The molecule has 0 atom stereocenters. The maximum absolute atomic E-state index is 2.31. The van der Waals surface area contributed by atoms with E-state index in [9.17, 15) is 0 Å². The van der Waals surface area contributed by atoms with E-state index in [4.69, 9.17) is 0 Å². The summed E-state index contributed by atoms with van der Waals surface area (Å²) in [5, 5.41) is 0. The van der Waals surface area contributed by atoms with Crippen molar-refractivity contribution in [2.75, 3.05) is 21.1 Å². The minimum absolute atomic E-state index is 0.841. The second-order valence-electron chi connectivity index (χ2n) is 1.81. The molecule has 4 radical (unpaired) electrons. The van der Waals surface area contributed by atoms with E-state index in [1.54, 1.807) is 0 Å². The molecule has 0 unspecified atom stereocenters. The van der Waals surface area contributed by atoms with Gasteiger partial charge in [-0.25, -0.2) is 0 Å². The first-order valence-electron chi connectivity index (χ1n) is 2.44. The first kappa shape index (κ1) is 6.43. The van der Waals surface area contributed by atoms with Crippen LogP contribution in [-0.2, 0) is 0 Å². The van der Waals surface area contributed by atoms with E-state index in [2.05, 4.69) is 34.7 Å². The lowest BCUT2D eigenvalue weighted by atomic mass is 11.4. The summed E-state index contributed by atoms with van der Waals surface area (Å²) >= 11 is 0. The monoisotopic (exact) mass is 143 g/mol. The van der Waals surface area contributed by atoms with Crippen molar-refractivity contribution in [3.8, 4) is 0 Å². The van der Waals surface area contributed by atoms with E-state index in [-0.39, 0.29) is 0 Å². The molecule has 0 N–H and O–H groups in total. The minimum Gasteiger partial charge on any atom is -0.323 e. The van der Waals surface area contributed by atoms with Crippen LogP contribution in [-0.4, -0.2) is 54.4 Å². The normalized spacial score (nSPS) is 27.4. The molecule has 8 heavy (non-hydrogen) atoms. The van der Waals surface area contributed by atoms with Crippen molar-refractivity contribution >= 4 is 19.7 Å². The van der Waals surface area contributed by atoms with Crippen LogP contribution in [0.3, 0.4) is 0 Å². The van der Waals surface area contributed by atoms with Crippen LogP contribution >= 0.6 is 0 Å². The van der Waals surface area contributed by atoms with Crippen LogP contribution in [0, 0.1) is 0 Å². The smallest absolute Gasteiger partial charge is 0.259 e. The largest absolute Gasteiger partial charge is 0.323 e. The maximum atomic E-state index is 2.31. The van der Waals surface area contributed by atoms with Gasteiger partial charge in [-0.2, -0.15) is 0 Å². The molecular formula is C3H9N3Si2. The molecule has 1 heterocycles. The second kappa shape index (κ2) is 2.28. The van der Waals surface area contributed by atoms with Gasteiger partial charge in [0.15, 0.2) is 0 Å². The molecule has 5 heteroatoms. The van der Waals surface area contributed by atoms with Crippen molar-refractivity contribution in [1.82, 2.24) is 13.6 Å². The Bertz CT molecular complexity index is 78.6. The van der Waals surface area contributed by atoms with Crippen LogP contribution in [0.25, 0.3) is 0 Å². The van der Waals surface area contributed by atoms with E-state index in [1.165, 1.54) is 0 Å². The minimum atomic E-state index is 0.841. The van der Waals surface area contributed by atoms with Crippen molar-refractivity contribution in [2.24, 2.45) is 0 Å². The molecular weight excluding hydrogens is 134 g/mol. The van der Waals surface area contributed by atoms with E-state index in [0.717, 1.165) is 19.7 Å². The van der Waals surface area contributed by atoms with Crippen LogP contribution in [0.2, 0.25) is 0 Å². The number of hydrogen-bond acceptors (Lipinski definition) is 3. The van der Waals surface area contributed by atoms with E-state index in [1.807, 2.05) is 0 Å². The molecule has 0 aromatic rings. The predicted octanol–water partition coefficient (Wildman–Crippen LogP) is -1.22. The summed E-state index contributed by atoms with van der Waals surface area (Å²) in [6.07, 6.45) is 0. The van der Waals surface area contributed by atoms with Gasteiger partial charge in [-0.05, 0) is 21.1 Å². The van der Waals surface area contributed by atoms with Gasteiger partial charge in [-0.15, -0.1) is 0 Å². The SMILES string of the molecule is CN1[Si]N(C)N(C)[Si]1. The van der Waals surface area contributed by atoms with Crippen molar-refractivity contribution in [3.63, 3.8) is 0 Å². The molecule has 0 spiro atoms. The van der Waals surface area contributed by atoms with Crippen LogP contribution in [0.4, 0.5) is 0 Å². The highest BCUT2D eigenvalue weighted by atomic mass is 28.3. The fourth-order valence-corrected chi connectivity index (χ4v) is 3.04. The molecule has 0 saturated carbocycles. The van der Waals surface area contributed by atoms with Crippen molar-refractivity contribution in [1.29, 1.82) is 0 Å². The summed E-state index contributed by atoms with van der Waals surface area (Å²) in [6, 6.07) is 0. The van der Waals surface area contributed by atoms with Gasteiger partial charge in [0.05, 0.1) is 0 Å². The molecule has 1 fully saturated rings. The molecule has 0 aliphatic carbocycles. The Morgan fingerprint density at radius 1 is 0.875 bits per heavy atom. The average Bonchev–Trinajstić information content (AvgIpc) is 1.85. The quantitative estimate of drug-likeness (QED) is 0.394. The molecule has 3 nitrogen and oxygen atoms in total. The topological polar surface area (TPSA) is 9.72 Å². The molecule has 0 aromatic heterocycles. The van der Waals surface area contributed by atoms with E-state index < -0.39 is 0 Å². The lowest BCUT2D eigenvalue weighted by molar-refractivity contribution is 0.257. The first-order chi connectivity index (χ1) is 3.70. The molecule has 0 aromatic carbocycles. The predicted molar refractivity (Wildman–Crippen MR) is 34.8 cm³/mol. The Labute approximate surface area is 55.2 Å². The Hall–Kier alpha value is 0.314. The molecule has 1 rings (SSSR count). The summed E-state index contributed by atoms with van der Waals surface area (Å²) in [6.45, 7) is 0. The number of hydrazine groups is 1. The standard InChI is InChI=1S/C3H9N3Si2/c1-4-5(2)8-6(3)7-4/h1-3H3. The molecule has 1 aliphatic heterocycles. The first-order valence-corrected chi connectivity index (χ1v) is 4.22. The van der Waals surface area contributed by atoms with Crippen LogP contribution < -0.4 is 0 Å². The van der Waals surface area contributed by atoms with Gasteiger partial charge in [0.1, 0.15) is 0 Å². The lowest BCUT2D eigenvalue weighted by Crippen LogP contribution is -2.31. The highest BCUT2D eigenvalue weighted by molar-refractivity contribution is 6.51. The van der Waals surface area contributed by atoms with Crippen LogP contribution in [0.5, 0.6) is 0 Å². The Morgan fingerprint density at radius 3 is 1.38 bits per heavy atom. The third kappa shape index (κ3) is 1.18. The van der Waals surface area contributed by atoms with Crippen LogP contribution in [0.15, 0.2) is 0 Å². The Morgan fingerprint density at radius 2 is 1.25 bits per heavy atom. The summed E-state index contributed by atoms with van der Waals surface area (Å²) in [5.74, 6) is 0. The summed E-state index contributed by atoms with van der Waals surface area (Å²) < 4.78 is 6.75. The average molecular weight is 143 g/mol. The zero-order chi connectivity index (χ0) is 6.15. The third-order valence-electron chi connectivity index (χ3n) is 1.04. The van der Waals surface area contributed by atoms with Gasteiger partial charge in [-0.1, -0.05) is 0 Å². The van der Waals surface area contributed by atoms with Gasteiger partial charge in [0.2, 0.25) is 0 Å². The summed E-state index contributed by atoms with van der Waals surface area (Å²) in [5.41, 5.74) is 0. The Balaban J connectivity index is 2.39. The van der Waals surface area contributed by atoms with Gasteiger partial charge in [0.25, 0.3) is 19.7 Å². The van der Waals surface area contributed by atoms with Crippen molar-refractivity contribution in [3.05, 3.63) is 0 Å². The van der Waals surface area contributed by atoms with Gasteiger partial charge in [-0.3, -0.25) is 9.35 Å². The molecule has 1 aliphatic rings. The van der Waals surface area contributed by atoms with Gasteiger partial charge in [0, 0.05) is 0 Å². The zero-order valence-electron chi connectivity index (χ0n) is 5.34. The highest BCUT2D eigenvalue weighted by Gasteiger charge is 2.21. The third-order valence-corrected chi connectivity index (χ3v) is 3.62. The number of rotatable bonds is 0. The maximum Gasteiger partial charge on any atom is 0.259 e. The van der Waals surface area contributed by atoms with Gasteiger partial charge < -0.3 is 4.23 Å². The van der Waals surface area contributed by atoms with E-state index in [0.29, 0.717) is 0 Å². The molecule has 0 bridgehead atoms. The second-order valence-corrected chi connectivity index (χ2v) is 5.29. The van der Waals surface area contributed by atoms with Crippen molar-refractivity contribution in [2.45, 2.75) is 0 Å². The number of nitrogens with zero attached hydrogens (tertiary/aromatic N) is 3. The summed E-state index contributed by atoms with van der Waals surface area (Å²) in [7, 11) is 8.03. The van der Waals surface area contributed by atoms with Crippen molar-refractivity contribution < 1.29 is 0 Å². The lowest BCUT2D eigenvalue weighted by Gasteiger charge is -2.14.